The molecule has 0 radical (unpaired) electrons. The highest BCUT2D eigenvalue weighted by Gasteiger charge is 2.09. The molecule has 0 atom stereocenters. The molecule has 0 bridgehead atoms. The highest BCUT2D eigenvalue weighted by atomic mass is 16.5. The monoisotopic (exact) mass is 272 g/mol. The molecule has 0 fully saturated rings. The van der Waals surface area contributed by atoms with Gasteiger partial charge in [0.2, 0.25) is 11.9 Å². The first-order chi connectivity index (χ1) is 9.49. The van der Waals surface area contributed by atoms with Crippen molar-refractivity contribution in [3.05, 3.63) is 30.0 Å². The zero-order chi connectivity index (χ0) is 14.7. The van der Waals surface area contributed by atoms with Crippen molar-refractivity contribution in [1.82, 2.24) is 9.97 Å². The molecule has 20 heavy (non-hydrogen) atoms. The minimum absolute atomic E-state index is 0.168. The van der Waals surface area contributed by atoms with Crippen LogP contribution in [0.2, 0.25) is 0 Å². The number of nitrogens with two attached hydrogens (primary N) is 1. The van der Waals surface area contributed by atoms with E-state index < -0.39 is 0 Å². The van der Waals surface area contributed by atoms with E-state index in [1.54, 1.807) is 19.2 Å². The number of carbonyl (C=O) groups excluding carboxylic acids is 1. The summed E-state index contributed by atoms with van der Waals surface area (Å²) >= 11 is 0. The Kier molecular flexibility index (Phi) is 3.84. The van der Waals surface area contributed by atoms with Crippen LogP contribution in [-0.4, -0.2) is 23.0 Å². The number of hydrogen-bond acceptors (Lipinski definition) is 5. The van der Waals surface area contributed by atoms with Gasteiger partial charge in [0, 0.05) is 18.2 Å². The molecule has 3 N–H and O–H groups in total. The molecule has 6 heteroatoms. The van der Waals surface area contributed by atoms with Crippen LogP contribution in [0.5, 0.6) is 5.75 Å². The van der Waals surface area contributed by atoms with E-state index >= 15 is 0 Å². The lowest BCUT2D eigenvalue weighted by atomic mass is 10.1. The van der Waals surface area contributed by atoms with Gasteiger partial charge in [-0.3, -0.25) is 4.79 Å². The third-order valence-corrected chi connectivity index (χ3v) is 2.68. The maximum absolute atomic E-state index is 11.2. The number of anilines is 2. The zero-order valence-electron chi connectivity index (χ0n) is 11.6. The molecule has 0 saturated heterocycles. The molecule has 1 aromatic heterocycles. The molecule has 0 spiro atoms. The summed E-state index contributed by atoms with van der Waals surface area (Å²) in [5, 5.41) is 2.73. The van der Waals surface area contributed by atoms with Gasteiger partial charge in [0.1, 0.15) is 5.75 Å². The van der Waals surface area contributed by atoms with Gasteiger partial charge in [-0.25, -0.2) is 9.97 Å². The standard InChI is InChI=1S/C14H16N4O2/c1-8-6-11(18-14(15)16-8)10-4-5-13(20-3)12(7-10)17-9(2)19/h4-7H,1-3H3,(H,17,19)(H2,15,16,18). The van der Waals surface area contributed by atoms with Crippen LogP contribution in [-0.2, 0) is 4.79 Å². The molecule has 104 valence electrons. The maximum atomic E-state index is 11.2. The second-order valence-electron chi connectivity index (χ2n) is 4.35. The molecule has 1 amide bonds. The van der Waals surface area contributed by atoms with Gasteiger partial charge in [0.05, 0.1) is 18.5 Å². The Bertz CT molecular complexity index is 635. The number of nitrogens with one attached hydrogen (secondary N) is 1. The zero-order valence-corrected chi connectivity index (χ0v) is 11.6. The Morgan fingerprint density at radius 1 is 1.30 bits per heavy atom. The lowest BCUT2D eigenvalue weighted by Gasteiger charge is -2.11. The minimum atomic E-state index is -0.168. The van der Waals surface area contributed by atoms with Gasteiger partial charge in [0.15, 0.2) is 0 Å². The van der Waals surface area contributed by atoms with Crippen molar-refractivity contribution in [2.24, 2.45) is 0 Å². The summed E-state index contributed by atoms with van der Waals surface area (Å²) in [5.41, 5.74) is 8.55. The van der Waals surface area contributed by atoms with Gasteiger partial charge >= 0.3 is 0 Å². The van der Waals surface area contributed by atoms with Gasteiger partial charge in [-0.05, 0) is 31.2 Å². The van der Waals surface area contributed by atoms with Crippen LogP contribution in [0, 0.1) is 6.92 Å². The second kappa shape index (κ2) is 5.56. The van der Waals surface area contributed by atoms with Gasteiger partial charge in [-0.15, -0.1) is 0 Å². The van der Waals surface area contributed by atoms with Crippen molar-refractivity contribution in [2.45, 2.75) is 13.8 Å². The average molecular weight is 272 g/mol. The largest absolute Gasteiger partial charge is 0.495 e. The number of hydrogen-bond donors (Lipinski definition) is 2. The number of ether oxygens (including phenoxy) is 1. The molecular weight excluding hydrogens is 256 g/mol. The van der Waals surface area contributed by atoms with Crippen molar-refractivity contribution in [3.63, 3.8) is 0 Å². The predicted octanol–water partition coefficient (Wildman–Crippen LogP) is 2.00. The van der Waals surface area contributed by atoms with E-state index in [0.717, 1.165) is 11.3 Å². The number of nitrogen functional groups attached to an aromatic ring is 1. The summed E-state index contributed by atoms with van der Waals surface area (Å²) in [6, 6.07) is 7.25. The van der Waals surface area contributed by atoms with E-state index in [1.165, 1.54) is 6.92 Å². The van der Waals surface area contributed by atoms with Crippen LogP contribution in [0.1, 0.15) is 12.6 Å². The molecule has 2 aromatic rings. The SMILES string of the molecule is COc1ccc(-c2cc(C)nc(N)n2)cc1NC(C)=O. The molecule has 1 aromatic carbocycles. The lowest BCUT2D eigenvalue weighted by molar-refractivity contribution is -0.114. The van der Waals surface area contributed by atoms with Crippen LogP contribution >= 0.6 is 0 Å². The number of rotatable bonds is 3. The number of carbonyl (C=O) groups is 1. The Labute approximate surface area is 117 Å². The van der Waals surface area contributed by atoms with Crippen molar-refractivity contribution in [2.75, 3.05) is 18.2 Å². The quantitative estimate of drug-likeness (QED) is 0.891. The van der Waals surface area contributed by atoms with E-state index in [4.69, 9.17) is 10.5 Å². The number of nitrogens with zero attached hydrogens (tertiary/aromatic N) is 2. The van der Waals surface area contributed by atoms with Crippen LogP contribution in [0.4, 0.5) is 11.6 Å². The molecule has 0 aliphatic heterocycles. The van der Waals surface area contributed by atoms with Crippen molar-refractivity contribution < 1.29 is 9.53 Å². The summed E-state index contributed by atoms with van der Waals surface area (Å²) in [5.74, 6) is 0.637. The fourth-order valence-electron chi connectivity index (χ4n) is 1.89. The fourth-order valence-corrected chi connectivity index (χ4v) is 1.89. The summed E-state index contributed by atoms with van der Waals surface area (Å²) in [6.45, 7) is 3.29. The van der Waals surface area contributed by atoms with E-state index in [9.17, 15) is 4.79 Å². The molecular formula is C14H16N4O2. The van der Waals surface area contributed by atoms with E-state index in [1.807, 2.05) is 19.1 Å². The van der Waals surface area contributed by atoms with Crippen LogP contribution in [0.3, 0.4) is 0 Å². The Morgan fingerprint density at radius 3 is 2.65 bits per heavy atom. The van der Waals surface area contributed by atoms with Gasteiger partial charge < -0.3 is 15.8 Å². The van der Waals surface area contributed by atoms with Crippen molar-refractivity contribution in [3.8, 4) is 17.0 Å². The van der Waals surface area contributed by atoms with E-state index in [2.05, 4.69) is 15.3 Å². The summed E-state index contributed by atoms with van der Waals surface area (Å²) in [7, 11) is 1.55. The van der Waals surface area contributed by atoms with Crippen molar-refractivity contribution in [1.29, 1.82) is 0 Å². The highest BCUT2D eigenvalue weighted by Crippen LogP contribution is 2.30. The predicted molar refractivity (Wildman–Crippen MR) is 77.5 cm³/mol. The fraction of sp³-hybridized carbons (Fsp3) is 0.214. The summed E-state index contributed by atoms with van der Waals surface area (Å²) in [4.78, 5) is 19.5. The number of amides is 1. The molecule has 0 aliphatic rings. The van der Waals surface area contributed by atoms with Gasteiger partial charge in [-0.2, -0.15) is 0 Å². The maximum Gasteiger partial charge on any atom is 0.221 e. The number of benzene rings is 1. The minimum Gasteiger partial charge on any atom is -0.495 e. The van der Waals surface area contributed by atoms with Gasteiger partial charge in [0.25, 0.3) is 0 Å². The Hall–Kier alpha value is -2.63. The van der Waals surface area contributed by atoms with Crippen LogP contribution < -0.4 is 15.8 Å². The summed E-state index contributed by atoms with van der Waals surface area (Å²) < 4.78 is 5.21. The topological polar surface area (TPSA) is 90.1 Å². The molecule has 0 saturated carbocycles. The first kappa shape index (κ1) is 13.8. The van der Waals surface area contributed by atoms with Crippen LogP contribution in [0.15, 0.2) is 24.3 Å². The average Bonchev–Trinajstić information content (AvgIpc) is 2.36. The third-order valence-electron chi connectivity index (χ3n) is 2.68. The number of aromatic nitrogens is 2. The highest BCUT2D eigenvalue weighted by molar-refractivity contribution is 5.91. The normalized spacial score (nSPS) is 10.2. The van der Waals surface area contributed by atoms with E-state index in [-0.39, 0.29) is 11.9 Å². The van der Waals surface area contributed by atoms with Crippen molar-refractivity contribution >= 4 is 17.5 Å². The smallest absolute Gasteiger partial charge is 0.221 e. The first-order valence-electron chi connectivity index (χ1n) is 6.06. The van der Waals surface area contributed by atoms with Crippen LogP contribution in [0.25, 0.3) is 11.3 Å². The van der Waals surface area contributed by atoms with E-state index in [0.29, 0.717) is 17.1 Å². The van der Waals surface area contributed by atoms with Gasteiger partial charge in [-0.1, -0.05) is 0 Å². The second-order valence-corrected chi connectivity index (χ2v) is 4.35. The molecule has 1 heterocycles. The summed E-state index contributed by atoms with van der Waals surface area (Å²) in [6.07, 6.45) is 0. The number of methoxy groups -OCH3 is 1. The molecule has 0 aliphatic carbocycles. The third kappa shape index (κ3) is 3.03. The molecule has 2 rings (SSSR count). The lowest BCUT2D eigenvalue weighted by Crippen LogP contribution is -2.07. The Morgan fingerprint density at radius 2 is 2.05 bits per heavy atom. The first-order valence-corrected chi connectivity index (χ1v) is 6.06. The molecule has 6 nitrogen and oxygen atoms in total. The number of aryl methyl sites for hydroxylation is 1. The Balaban J connectivity index is 2.49. The molecule has 0 unspecified atom stereocenters.